The van der Waals surface area contributed by atoms with Crippen LogP contribution in [0.5, 0.6) is 0 Å². The van der Waals surface area contributed by atoms with Gasteiger partial charge in [-0.3, -0.25) is 4.79 Å². The van der Waals surface area contributed by atoms with E-state index in [1.165, 1.54) is 0 Å². The van der Waals surface area contributed by atoms with Crippen molar-refractivity contribution >= 4 is 27.8 Å². The van der Waals surface area contributed by atoms with Crippen molar-refractivity contribution in [1.82, 2.24) is 14.4 Å². The van der Waals surface area contributed by atoms with E-state index >= 15 is 0 Å². The first-order chi connectivity index (χ1) is 11.6. The van der Waals surface area contributed by atoms with Crippen molar-refractivity contribution in [2.75, 3.05) is 33.2 Å². The minimum absolute atomic E-state index is 0.0368. The molecular weight excluding hydrogens is 306 g/mol. The lowest BCUT2D eigenvalue weighted by molar-refractivity contribution is 0.0655. The lowest BCUT2D eigenvalue weighted by Gasteiger charge is -2.32. The molecule has 0 radical (unpaired) electrons. The Morgan fingerprint density at radius 3 is 2.50 bits per heavy atom. The first-order valence-electron chi connectivity index (χ1n) is 8.05. The largest absolute Gasteiger partial charge is 0.422 e. The Labute approximate surface area is 138 Å². The number of hydrogen-bond donors (Lipinski definition) is 0. The van der Waals surface area contributed by atoms with Crippen molar-refractivity contribution in [2.45, 2.75) is 0 Å². The molecule has 1 aromatic carbocycles. The summed E-state index contributed by atoms with van der Waals surface area (Å²) in [5.41, 5.74) is 1.41. The number of carbonyl (C=O) groups is 1. The van der Waals surface area contributed by atoms with Crippen LogP contribution in [0.3, 0.4) is 0 Å². The third-order valence-electron chi connectivity index (χ3n) is 4.81. The number of rotatable bonds is 1. The van der Waals surface area contributed by atoms with Gasteiger partial charge >= 0.3 is 5.63 Å². The number of benzene rings is 1. The fourth-order valence-electron chi connectivity index (χ4n) is 3.37. The molecule has 0 atom stereocenters. The Morgan fingerprint density at radius 1 is 1.04 bits per heavy atom. The number of aryl methyl sites for hydroxylation is 1. The lowest BCUT2D eigenvalue weighted by atomic mass is 10.2. The molecule has 0 N–H and O–H groups in total. The number of likely N-dealkylation sites (N-methyl/N-ethyl adjacent to an activating group) is 1. The second-order valence-electron chi connectivity index (χ2n) is 6.33. The fraction of sp³-hybridized carbons (Fsp3) is 0.333. The van der Waals surface area contributed by atoms with Crippen molar-refractivity contribution in [3.05, 3.63) is 46.4 Å². The van der Waals surface area contributed by atoms with Crippen LogP contribution in [0.1, 0.15) is 10.5 Å². The highest BCUT2D eigenvalue weighted by Crippen LogP contribution is 2.25. The van der Waals surface area contributed by atoms with E-state index in [4.69, 9.17) is 4.42 Å². The van der Waals surface area contributed by atoms with Crippen LogP contribution in [-0.4, -0.2) is 53.5 Å². The molecule has 1 aliphatic heterocycles. The predicted molar refractivity (Wildman–Crippen MR) is 92.4 cm³/mol. The minimum atomic E-state index is -0.406. The first-order valence-corrected chi connectivity index (χ1v) is 8.05. The average Bonchev–Trinajstić information content (AvgIpc) is 2.94. The molecule has 3 heterocycles. The number of aromatic nitrogens is 1. The molecule has 2 aromatic heterocycles. The molecule has 124 valence electrons. The van der Waals surface area contributed by atoms with Crippen LogP contribution >= 0.6 is 0 Å². The second-order valence-corrected chi connectivity index (χ2v) is 6.33. The van der Waals surface area contributed by atoms with Gasteiger partial charge in [0.2, 0.25) is 0 Å². The van der Waals surface area contributed by atoms with E-state index in [9.17, 15) is 9.59 Å². The summed E-state index contributed by atoms with van der Waals surface area (Å²) in [6.45, 7) is 3.12. The number of carbonyl (C=O) groups excluding carboxylic acids is 1. The maximum atomic E-state index is 12.9. The Balaban J connectivity index is 1.87. The van der Waals surface area contributed by atoms with Crippen LogP contribution in [0.2, 0.25) is 0 Å². The molecule has 1 aliphatic rings. The molecule has 0 unspecified atom stereocenters. The van der Waals surface area contributed by atoms with Crippen LogP contribution in [0.15, 0.2) is 39.5 Å². The predicted octanol–water partition coefficient (Wildman–Crippen LogP) is 1.67. The highest BCUT2D eigenvalue weighted by atomic mass is 16.4. The summed E-state index contributed by atoms with van der Waals surface area (Å²) in [6, 6.07) is 9.07. The molecule has 6 heteroatoms. The number of nitrogens with zero attached hydrogens (tertiary/aromatic N) is 3. The molecule has 24 heavy (non-hydrogen) atoms. The summed E-state index contributed by atoms with van der Waals surface area (Å²) in [5.74, 6) is -0.0368. The average molecular weight is 325 g/mol. The van der Waals surface area contributed by atoms with Crippen LogP contribution in [0.25, 0.3) is 21.9 Å². The van der Waals surface area contributed by atoms with E-state index in [1.807, 2.05) is 34.7 Å². The van der Waals surface area contributed by atoms with Crippen molar-refractivity contribution in [3.63, 3.8) is 0 Å². The van der Waals surface area contributed by atoms with E-state index in [0.717, 1.165) is 24.0 Å². The van der Waals surface area contributed by atoms with Gasteiger partial charge in [-0.15, -0.1) is 0 Å². The van der Waals surface area contributed by atoms with Crippen molar-refractivity contribution < 1.29 is 9.21 Å². The van der Waals surface area contributed by atoms with Gasteiger partial charge in [0.1, 0.15) is 11.3 Å². The van der Waals surface area contributed by atoms with Crippen LogP contribution < -0.4 is 5.63 Å². The summed E-state index contributed by atoms with van der Waals surface area (Å²) >= 11 is 0. The van der Waals surface area contributed by atoms with Crippen molar-refractivity contribution in [2.24, 2.45) is 7.05 Å². The highest BCUT2D eigenvalue weighted by molar-refractivity contribution is 6.07. The molecule has 1 saturated heterocycles. The van der Waals surface area contributed by atoms with Gasteiger partial charge in [0, 0.05) is 38.6 Å². The topological polar surface area (TPSA) is 58.7 Å². The van der Waals surface area contributed by atoms with Gasteiger partial charge in [-0.1, -0.05) is 12.1 Å². The fourth-order valence-corrected chi connectivity index (χ4v) is 3.37. The summed E-state index contributed by atoms with van der Waals surface area (Å²) in [6.07, 6.45) is 0. The Kier molecular flexibility index (Phi) is 3.42. The summed E-state index contributed by atoms with van der Waals surface area (Å²) in [7, 11) is 3.88. The molecule has 4 rings (SSSR count). The molecule has 0 saturated carbocycles. The SMILES string of the molecule is CN1CCN(C(=O)c2cc3c(=O)oc4ccccc4c3n2C)CC1. The van der Waals surface area contributed by atoms with Gasteiger partial charge in [-0.25, -0.2) is 4.79 Å². The van der Waals surface area contributed by atoms with Gasteiger partial charge in [-0.2, -0.15) is 0 Å². The molecule has 6 nitrogen and oxygen atoms in total. The zero-order chi connectivity index (χ0) is 16.8. The molecule has 1 fully saturated rings. The normalized spacial score (nSPS) is 16.2. The Bertz CT molecular complexity index is 994. The maximum absolute atomic E-state index is 12.9. The number of piperazine rings is 1. The number of para-hydroxylation sites is 1. The quantitative estimate of drug-likeness (QED) is 0.639. The standard InChI is InChI=1S/C18H19N3O3/c1-19-7-9-21(10-8-19)17(22)14-11-13-16(20(14)2)12-5-3-4-6-15(12)24-18(13)23/h3-6,11H,7-10H2,1-2H3. The number of amides is 1. The van der Waals surface area contributed by atoms with Gasteiger partial charge in [0.25, 0.3) is 5.91 Å². The summed E-state index contributed by atoms with van der Waals surface area (Å²) < 4.78 is 7.20. The van der Waals surface area contributed by atoms with E-state index < -0.39 is 5.63 Å². The molecule has 0 spiro atoms. The van der Waals surface area contributed by atoms with Crippen molar-refractivity contribution in [3.8, 4) is 0 Å². The van der Waals surface area contributed by atoms with Crippen LogP contribution in [0.4, 0.5) is 0 Å². The zero-order valence-corrected chi connectivity index (χ0v) is 13.8. The summed E-state index contributed by atoms with van der Waals surface area (Å²) in [4.78, 5) is 29.2. The van der Waals surface area contributed by atoms with E-state index in [1.54, 1.807) is 12.1 Å². The van der Waals surface area contributed by atoms with Gasteiger partial charge in [-0.05, 0) is 25.2 Å². The molecule has 0 bridgehead atoms. The van der Waals surface area contributed by atoms with Gasteiger partial charge < -0.3 is 18.8 Å². The van der Waals surface area contributed by atoms with Crippen LogP contribution in [-0.2, 0) is 7.05 Å². The second kappa shape index (κ2) is 5.49. The minimum Gasteiger partial charge on any atom is -0.422 e. The maximum Gasteiger partial charge on any atom is 0.345 e. The van der Waals surface area contributed by atoms with E-state index in [2.05, 4.69) is 11.9 Å². The monoisotopic (exact) mass is 325 g/mol. The van der Waals surface area contributed by atoms with Gasteiger partial charge in [0.05, 0.1) is 10.9 Å². The van der Waals surface area contributed by atoms with E-state index in [-0.39, 0.29) is 5.91 Å². The highest BCUT2D eigenvalue weighted by Gasteiger charge is 2.25. The first kappa shape index (κ1) is 15.0. The smallest absolute Gasteiger partial charge is 0.345 e. The Hall–Kier alpha value is -2.60. The molecular formula is C18H19N3O3. The third kappa shape index (κ3) is 2.22. The molecule has 1 amide bonds. The van der Waals surface area contributed by atoms with Crippen LogP contribution in [0, 0.1) is 0 Å². The van der Waals surface area contributed by atoms with E-state index in [0.29, 0.717) is 29.8 Å². The lowest BCUT2D eigenvalue weighted by Crippen LogP contribution is -2.47. The van der Waals surface area contributed by atoms with Gasteiger partial charge in [0.15, 0.2) is 0 Å². The zero-order valence-electron chi connectivity index (χ0n) is 13.8. The number of fused-ring (bicyclic) bond motifs is 3. The summed E-state index contributed by atoms with van der Waals surface area (Å²) in [5, 5.41) is 1.29. The Morgan fingerprint density at radius 2 is 1.75 bits per heavy atom. The van der Waals surface area contributed by atoms with Crippen molar-refractivity contribution in [1.29, 1.82) is 0 Å². The third-order valence-corrected chi connectivity index (χ3v) is 4.81. The molecule has 0 aliphatic carbocycles. The molecule has 3 aromatic rings. The number of hydrogen-bond acceptors (Lipinski definition) is 4.